The summed E-state index contributed by atoms with van der Waals surface area (Å²) in [4.78, 5) is 4.82. The number of benzene rings is 4. The minimum absolute atomic E-state index is 0.914. The van der Waals surface area contributed by atoms with Gasteiger partial charge in [-0.15, -0.1) is 0 Å². The second-order valence-electron chi connectivity index (χ2n) is 7.75. The van der Waals surface area contributed by atoms with Gasteiger partial charge in [-0.25, -0.2) is 0 Å². The molecular formula is C27H20N2. The molecule has 2 heterocycles. The van der Waals surface area contributed by atoms with Gasteiger partial charge in [0.05, 0.1) is 11.4 Å². The average molecular weight is 372 g/mol. The van der Waals surface area contributed by atoms with Gasteiger partial charge in [-0.3, -0.25) is 4.99 Å². The number of fused-ring (bicyclic) bond motifs is 4. The zero-order chi connectivity index (χ0) is 19.4. The van der Waals surface area contributed by atoms with Crippen LogP contribution in [0, 0.1) is 0 Å². The van der Waals surface area contributed by atoms with E-state index >= 15 is 0 Å². The first-order valence-electron chi connectivity index (χ1n) is 10.0. The molecule has 29 heavy (non-hydrogen) atoms. The monoisotopic (exact) mass is 372 g/mol. The lowest BCUT2D eigenvalue weighted by Crippen LogP contribution is -1.99. The standard InChI is InChI=1S/C27H20N2/c1-29-26-9-5-3-7-22(26)23-16-20(14-15-27(23)29)18-10-12-19(13-11-18)25-17-21-6-2-4-8-24(21)28-25/h2-16H,17H2,1H3. The Balaban J connectivity index is 1.39. The minimum Gasteiger partial charge on any atom is -0.344 e. The van der Waals surface area contributed by atoms with Crippen LogP contribution in [0.1, 0.15) is 11.1 Å². The molecule has 0 radical (unpaired) electrons. The SMILES string of the molecule is Cn1c2ccccc2c2cc(-c3ccc(C4=Nc5ccccc5C4)cc3)ccc21. The molecule has 0 amide bonds. The Morgan fingerprint density at radius 2 is 1.34 bits per heavy atom. The Bertz CT molecular complexity index is 1420. The van der Waals surface area contributed by atoms with Crippen LogP contribution in [-0.4, -0.2) is 10.3 Å². The Labute approximate surface area is 169 Å². The third-order valence-electron chi connectivity index (χ3n) is 6.07. The maximum Gasteiger partial charge on any atom is 0.0669 e. The molecule has 1 aliphatic heterocycles. The smallest absolute Gasteiger partial charge is 0.0669 e. The van der Waals surface area contributed by atoms with Crippen molar-refractivity contribution in [3.05, 3.63) is 102 Å². The summed E-state index contributed by atoms with van der Waals surface area (Å²) in [6, 6.07) is 32.6. The van der Waals surface area contributed by atoms with E-state index in [1.54, 1.807) is 0 Å². The summed E-state index contributed by atoms with van der Waals surface area (Å²) < 4.78 is 2.27. The normalized spacial score (nSPS) is 13.1. The average Bonchev–Trinajstić information content (AvgIpc) is 3.34. The number of rotatable bonds is 2. The van der Waals surface area contributed by atoms with E-state index in [9.17, 15) is 0 Å². The van der Waals surface area contributed by atoms with E-state index in [1.807, 2.05) is 0 Å². The number of aryl methyl sites for hydroxylation is 1. The molecule has 0 saturated carbocycles. The molecule has 2 heteroatoms. The number of aromatic nitrogens is 1. The minimum atomic E-state index is 0.914. The Morgan fingerprint density at radius 3 is 2.21 bits per heavy atom. The molecule has 0 fully saturated rings. The van der Waals surface area contributed by atoms with E-state index in [0.29, 0.717) is 0 Å². The maximum atomic E-state index is 4.82. The van der Waals surface area contributed by atoms with Gasteiger partial charge in [-0.05, 0) is 46.5 Å². The fourth-order valence-electron chi connectivity index (χ4n) is 4.50. The Morgan fingerprint density at radius 1 is 0.655 bits per heavy atom. The molecule has 1 aromatic heterocycles. The molecule has 0 spiro atoms. The van der Waals surface area contributed by atoms with Crippen molar-refractivity contribution in [3.8, 4) is 11.1 Å². The molecule has 0 unspecified atom stereocenters. The number of hydrogen-bond acceptors (Lipinski definition) is 1. The van der Waals surface area contributed by atoms with Crippen LogP contribution in [0.15, 0.2) is 96.0 Å². The van der Waals surface area contributed by atoms with Gasteiger partial charge in [0.25, 0.3) is 0 Å². The molecule has 4 aromatic carbocycles. The van der Waals surface area contributed by atoms with Gasteiger partial charge in [-0.1, -0.05) is 66.7 Å². The summed E-state index contributed by atoms with van der Waals surface area (Å²) >= 11 is 0. The van der Waals surface area contributed by atoms with E-state index in [1.165, 1.54) is 44.1 Å². The Kier molecular flexibility index (Phi) is 3.48. The van der Waals surface area contributed by atoms with E-state index in [2.05, 4.69) is 103 Å². The largest absolute Gasteiger partial charge is 0.344 e. The van der Waals surface area contributed by atoms with Crippen molar-refractivity contribution in [1.82, 2.24) is 4.57 Å². The highest BCUT2D eigenvalue weighted by Crippen LogP contribution is 2.33. The quantitative estimate of drug-likeness (QED) is 0.329. The second kappa shape index (κ2) is 6.18. The molecule has 0 N–H and O–H groups in total. The highest BCUT2D eigenvalue weighted by Gasteiger charge is 2.15. The summed E-state index contributed by atoms with van der Waals surface area (Å²) in [5, 5.41) is 2.61. The summed E-state index contributed by atoms with van der Waals surface area (Å²) in [5.41, 5.74) is 9.80. The molecule has 1 aliphatic rings. The highest BCUT2D eigenvalue weighted by atomic mass is 14.9. The second-order valence-corrected chi connectivity index (χ2v) is 7.75. The molecule has 138 valence electrons. The third kappa shape index (κ3) is 2.53. The maximum absolute atomic E-state index is 4.82. The first-order valence-corrected chi connectivity index (χ1v) is 10.0. The molecule has 0 bridgehead atoms. The predicted octanol–water partition coefficient (Wildman–Crippen LogP) is 6.68. The molecule has 6 rings (SSSR count). The molecule has 0 saturated heterocycles. The van der Waals surface area contributed by atoms with Gasteiger partial charge in [0, 0.05) is 35.3 Å². The zero-order valence-corrected chi connectivity index (χ0v) is 16.3. The number of nitrogens with zero attached hydrogens (tertiary/aromatic N) is 2. The van der Waals surface area contributed by atoms with E-state index in [0.717, 1.165) is 17.8 Å². The number of para-hydroxylation sites is 2. The van der Waals surface area contributed by atoms with Crippen molar-refractivity contribution < 1.29 is 0 Å². The van der Waals surface area contributed by atoms with Gasteiger partial charge in [0.1, 0.15) is 0 Å². The van der Waals surface area contributed by atoms with Crippen LogP contribution in [0.3, 0.4) is 0 Å². The van der Waals surface area contributed by atoms with E-state index in [4.69, 9.17) is 4.99 Å². The van der Waals surface area contributed by atoms with Gasteiger partial charge < -0.3 is 4.57 Å². The van der Waals surface area contributed by atoms with Crippen LogP contribution < -0.4 is 0 Å². The molecule has 0 atom stereocenters. The molecule has 2 nitrogen and oxygen atoms in total. The number of aliphatic imine (C=N–C) groups is 1. The van der Waals surface area contributed by atoms with Crippen molar-refractivity contribution in [2.24, 2.45) is 12.0 Å². The van der Waals surface area contributed by atoms with E-state index < -0.39 is 0 Å². The van der Waals surface area contributed by atoms with Gasteiger partial charge in [-0.2, -0.15) is 0 Å². The first kappa shape index (κ1) is 16.3. The first-order chi connectivity index (χ1) is 14.3. The molecular weight excluding hydrogens is 352 g/mol. The lowest BCUT2D eigenvalue weighted by atomic mass is 9.99. The van der Waals surface area contributed by atoms with Crippen molar-refractivity contribution in [2.45, 2.75) is 6.42 Å². The summed E-state index contributed by atoms with van der Waals surface area (Å²) in [5.74, 6) is 0. The lowest BCUT2D eigenvalue weighted by molar-refractivity contribution is 1.01. The van der Waals surface area contributed by atoms with Crippen LogP contribution in [0.4, 0.5) is 5.69 Å². The topological polar surface area (TPSA) is 17.3 Å². The lowest BCUT2D eigenvalue weighted by Gasteiger charge is -2.06. The van der Waals surface area contributed by atoms with Crippen molar-refractivity contribution in [2.75, 3.05) is 0 Å². The molecule has 0 aliphatic carbocycles. The zero-order valence-electron chi connectivity index (χ0n) is 16.3. The number of hydrogen-bond donors (Lipinski definition) is 0. The fraction of sp³-hybridized carbons (Fsp3) is 0.0741. The van der Waals surface area contributed by atoms with Gasteiger partial charge >= 0.3 is 0 Å². The van der Waals surface area contributed by atoms with Crippen LogP contribution in [0.2, 0.25) is 0 Å². The van der Waals surface area contributed by atoms with Crippen molar-refractivity contribution in [3.63, 3.8) is 0 Å². The van der Waals surface area contributed by atoms with Crippen LogP contribution >= 0.6 is 0 Å². The van der Waals surface area contributed by atoms with Crippen LogP contribution in [0.5, 0.6) is 0 Å². The van der Waals surface area contributed by atoms with Gasteiger partial charge in [0.2, 0.25) is 0 Å². The predicted molar refractivity (Wildman–Crippen MR) is 122 cm³/mol. The summed E-state index contributed by atoms with van der Waals surface area (Å²) in [6.07, 6.45) is 0.914. The van der Waals surface area contributed by atoms with Crippen LogP contribution in [-0.2, 0) is 13.5 Å². The summed E-state index contributed by atoms with van der Waals surface area (Å²) in [6.45, 7) is 0. The van der Waals surface area contributed by atoms with Gasteiger partial charge in [0.15, 0.2) is 0 Å². The Hall–Kier alpha value is -3.65. The van der Waals surface area contributed by atoms with Crippen molar-refractivity contribution >= 4 is 33.2 Å². The fourth-order valence-corrected chi connectivity index (χ4v) is 4.50. The molecule has 5 aromatic rings. The van der Waals surface area contributed by atoms with Crippen LogP contribution in [0.25, 0.3) is 32.9 Å². The summed E-state index contributed by atoms with van der Waals surface area (Å²) in [7, 11) is 2.14. The third-order valence-corrected chi connectivity index (χ3v) is 6.07. The highest BCUT2D eigenvalue weighted by molar-refractivity contribution is 6.09. The van der Waals surface area contributed by atoms with Crippen molar-refractivity contribution in [1.29, 1.82) is 0 Å². The van der Waals surface area contributed by atoms with E-state index in [-0.39, 0.29) is 0 Å².